The highest BCUT2D eigenvalue weighted by Crippen LogP contribution is 2.23. The van der Waals surface area contributed by atoms with Crippen molar-refractivity contribution in [3.63, 3.8) is 0 Å². The van der Waals surface area contributed by atoms with Crippen LogP contribution < -0.4 is 5.32 Å². The average molecular weight is 338 g/mol. The molecule has 6 heteroatoms. The number of nitrogens with zero attached hydrogens (tertiary/aromatic N) is 2. The molecule has 1 aromatic heterocycles. The highest BCUT2D eigenvalue weighted by molar-refractivity contribution is 6.34. The molecule has 0 bridgehead atoms. The predicted molar refractivity (Wildman–Crippen MR) is 88.0 cm³/mol. The number of hydrogen-bond donors (Lipinski definition) is 2. The molecular formula is C16H17Cl2N3O. The molecule has 0 aliphatic carbocycles. The Kier molecular flexibility index (Phi) is 5.49. The Balaban J connectivity index is 1.97. The van der Waals surface area contributed by atoms with Gasteiger partial charge < -0.3 is 15.0 Å². The second kappa shape index (κ2) is 7.17. The minimum atomic E-state index is -0.698. The molecular weight excluding hydrogens is 321 g/mol. The first-order valence-corrected chi connectivity index (χ1v) is 7.58. The van der Waals surface area contributed by atoms with Gasteiger partial charge in [-0.05, 0) is 42.3 Å². The number of aliphatic hydroxyl groups excluding tert-OH is 1. The lowest BCUT2D eigenvalue weighted by atomic mass is 10.1. The molecule has 0 fully saturated rings. The van der Waals surface area contributed by atoms with Gasteiger partial charge in [-0.1, -0.05) is 23.2 Å². The zero-order valence-corrected chi connectivity index (χ0v) is 13.9. The van der Waals surface area contributed by atoms with Gasteiger partial charge in [0.1, 0.15) is 11.8 Å². The van der Waals surface area contributed by atoms with E-state index in [1.165, 1.54) is 0 Å². The van der Waals surface area contributed by atoms with Gasteiger partial charge in [-0.15, -0.1) is 0 Å². The van der Waals surface area contributed by atoms with E-state index in [4.69, 9.17) is 28.5 Å². The molecule has 0 amide bonds. The molecule has 2 rings (SSSR count). The highest BCUT2D eigenvalue weighted by Gasteiger charge is 2.11. The maximum absolute atomic E-state index is 10.2. The smallest absolute Gasteiger partial charge is 0.120 e. The number of nitriles is 1. The topological polar surface area (TPSA) is 61.0 Å². The van der Waals surface area contributed by atoms with E-state index in [1.807, 2.05) is 24.6 Å². The molecule has 2 aromatic rings. The van der Waals surface area contributed by atoms with Crippen LogP contribution in [0.25, 0.3) is 0 Å². The lowest BCUT2D eigenvalue weighted by Gasteiger charge is -2.13. The van der Waals surface area contributed by atoms with E-state index in [-0.39, 0.29) is 0 Å². The van der Waals surface area contributed by atoms with Crippen molar-refractivity contribution in [3.05, 3.63) is 56.8 Å². The Hall–Kier alpha value is -1.51. The Morgan fingerprint density at radius 2 is 1.91 bits per heavy atom. The zero-order chi connectivity index (χ0) is 16.3. The van der Waals surface area contributed by atoms with Gasteiger partial charge in [-0.25, -0.2) is 0 Å². The summed E-state index contributed by atoms with van der Waals surface area (Å²) in [7, 11) is 1.86. The van der Waals surface area contributed by atoms with Crippen LogP contribution in [0.4, 0.5) is 0 Å². The van der Waals surface area contributed by atoms with E-state index >= 15 is 0 Å². The van der Waals surface area contributed by atoms with Crippen molar-refractivity contribution in [2.24, 2.45) is 7.05 Å². The molecule has 0 spiro atoms. The fourth-order valence-electron chi connectivity index (χ4n) is 2.28. The Bertz CT molecular complexity index is 699. The Labute approximate surface area is 139 Å². The number of halogens is 2. The second-order valence-corrected chi connectivity index (χ2v) is 6.03. The minimum absolute atomic E-state index is 0.368. The van der Waals surface area contributed by atoms with Crippen LogP contribution in [0.1, 0.15) is 28.6 Å². The number of aliphatic hydroxyl groups is 1. The van der Waals surface area contributed by atoms with Gasteiger partial charge in [0, 0.05) is 35.9 Å². The predicted octanol–water partition coefficient (Wildman–Crippen LogP) is 3.34. The summed E-state index contributed by atoms with van der Waals surface area (Å²) in [6.07, 6.45) is -0.698. The summed E-state index contributed by atoms with van der Waals surface area (Å²) in [5.74, 6) is 0. The summed E-state index contributed by atoms with van der Waals surface area (Å²) in [6, 6.07) is 9.02. The van der Waals surface area contributed by atoms with E-state index in [0.29, 0.717) is 34.4 Å². The van der Waals surface area contributed by atoms with E-state index in [1.54, 1.807) is 18.2 Å². The van der Waals surface area contributed by atoms with E-state index in [9.17, 15) is 5.11 Å². The molecule has 0 saturated carbocycles. The third kappa shape index (κ3) is 3.82. The Morgan fingerprint density at radius 1 is 1.27 bits per heavy atom. The quantitative estimate of drug-likeness (QED) is 0.879. The summed E-state index contributed by atoms with van der Waals surface area (Å²) in [5, 5.41) is 23.4. The molecule has 4 nitrogen and oxygen atoms in total. The van der Waals surface area contributed by atoms with Crippen LogP contribution in [0, 0.1) is 18.3 Å². The van der Waals surface area contributed by atoms with Crippen LogP contribution in [-0.4, -0.2) is 16.2 Å². The maximum atomic E-state index is 10.2. The van der Waals surface area contributed by atoms with Gasteiger partial charge in [0.05, 0.1) is 6.10 Å². The first kappa shape index (κ1) is 16.9. The largest absolute Gasteiger partial charge is 0.387 e. The van der Waals surface area contributed by atoms with E-state index in [0.717, 1.165) is 11.3 Å². The molecule has 116 valence electrons. The van der Waals surface area contributed by atoms with Gasteiger partial charge in [0.2, 0.25) is 0 Å². The van der Waals surface area contributed by atoms with Crippen molar-refractivity contribution in [3.8, 4) is 6.07 Å². The molecule has 0 aliphatic rings. The van der Waals surface area contributed by atoms with E-state index in [2.05, 4.69) is 11.4 Å². The van der Waals surface area contributed by atoms with Crippen LogP contribution in [0.15, 0.2) is 24.3 Å². The van der Waals surface area contributed by atoms with Crippen molar-refractivity contribution in [1.29, 1.82) is 5.26 Å². The molecule has 1 heterocycles. The summed E-state index contributed by atoms with van der Waals surface area (Å²) in [6.45, 7) is 2.91. The molecule has 0 saturated heterocycles. The van der Waals surface area contributed by atoms with Crippen LogP contribution in [0.3, 0.4) is 0 Å². The molecule has 1 unspecified atom stereocenters. The number of rotatable bonds is 5. The van der Waals surface area contributed by atoms with Crippen molar-refractivity contribution in [2.75, 3.05) is 6.54 Å². The molecule has 1 atom stereocenters. The molecule has 0 radical (unpaired) electrons. The molecule has 1 aromatic carbocycles. The molecule has 2 N–H and O–H groups in total. The first-order valence-electron chi connectivity index (χ1n) is 6.82. The maximum Gasteiger partial charge on any atom is 0.120 e. The summed E-state index contributed by atoms with van der Waals surface area (Å²) in [4.78, 5) is 0. The standard InChI is InChI=1S/C16H17Cl2N3O/c1-10-12(5-15(7-19)21(10)2)8-20-9-16(22)11-3-13(17)6-14(18)4-11/h3-6,16,20,22H,8-9H2,1-2H3. The van der Waals surface area contributed by atoms with Crippen molar-refractivity contribution >= 4 is 23.2 Å². The zero-order valence-electron chi connectivity index (χ0n) is 12.4. The second-order valence-electron chi connectivity index (χ2n) is 5.16. The third-order valence-electron chi connectivity index (χ3n) is 3.68. The number of hydrogen-bond acceptors (Lipinski definition) is 3. The lowest BCUT2D eigenvalue weighted by molar-refractivity contribution is 0.174. The first-order chi connectivity index (χ1) is 10.4. The molecule has 0 aliphatic heterocycles. The Morgan fingerprint density at radius 3 is 2.45 bits per heavy atom. The minimum Gasteiger partial charge on any atom is -0.387 e. The fraction of sp³-hybridized carbons (Fsp3) is 0.312. The fourth-order valence-corrected chi connectivity index (χ4v) is 2.82. The van der Waals surface area contributed by atoms with Crippen molar-refractivity contribution in [1.82, 2.24) is 9.88 Å². The van der Waals surface area contributed by atoms with Gasteiger partial charge in [0.15, 0.2) is 0 Å². The monoisotopic (exact) mass is 337 g/mol. The van der Waals surface area contributed by atoms with Crippen molar-refractivity contribution in [2.45, 2.75) is 19.6 Å². The van der Waals surface area contributed by atoms with Crippen molar-refractivity contribution < 1.29 is 5.11 Å². The highest BCUT2D eigenvalue weighted by atomic mass is 35.5. The van der Waals surface area contributed by atoms with Gasteiger partial charge in [0.25, 0.3) is 0 Å². The average Bonchev–Trinajstić information content (AvgIpc) is 2.74. The SMILES string of the molecule is Cc1c(CNCC(O)c2cc(Cl)cc(Cl)c2)cc(C#N)n1C. The van der Waals surface area contributed by atoms with Crippen LogP contribution in [0.2, 0.25) is 10.0 Å². The summed E-state index contributed by atoms with van der Waals surface area (Å²) >= 11 is 11.9. The van der Waals surface area contributed by atoms with Gasteiger partial charge in [-0.3, -0.25) is 0 Å². The third-order valence-corrected chi connectivity index (χ3v) is 4.11. The summed E-state index contributed by atoms with van der Waals surface area (Å²) < 4.78 is 1.85. The lowest BCUT2D eigenvalue weighted by Crippen LogP contribution is -2.21. The number of aromatic nitrogens is 1. The van der Waals surface area contributed by atoms with Crippen LogP contribution >= 0.6 is 23.2 Å². The van der Waals surface area contributed by atoms with E-state index < -0.39 is 6.10 Å². The summed E-state index contributed by atoms with van der Waals surface area (Å²) in [5.41, 5.74) is 3.36. The van der Waals surface area contributed by atoms with Gasteiger partial charge >= 0.3 is 0 Å². The van der Waals surface area contributed by atoms with Crippen LogP contribution in [0.5, 0.6) is 0 Å². The molecule has 22 heavy (non-hydrogen) atoms. The van der Waals surface area contributed by atoms with Gasteiger partial charge in [-0.2, -0.15) is 5.26 Å². The van der Waals surface area contributed by atoms with Crippen LogP contribution in [-0.2, 0) is 13.6 Å². The number of nitrogens with one attached hydrogen (secondary N) is 1. The number of benzene rings is 1. The normalized spacial score (nSPS) is 12.2.